The SMILES string of the molecule is CC(C)NS(=O)(=O)c1ccc(NC(=O)CSc2cc(F)ccc2F)cc1. The first-order valence-corrected chi connectivity index (χ1v) is 10.1. The molecule has 2 N–H and O–H groups in total. The average Bonchev–Trinajstić information content (AvgIpc) is 2.55. The number of carbonyl (C=O) groups is 1. The van der Waals surface area contributed by atoms with Crippen molar-refractivity contribution in [3.8, 4) is 0 Å². The number of halogens is 2. The summed E-state index contributed by atoms with van der Waals surface area (Å²) in [5.74, 6) is -1.72. The third kappa shape index (κ3) is 5.79. The number of thioether (sulfide) groups is 1. The number of sulfonamides is 1. The van der Waals surface area contributed by atoms with Crippen LogP contribution in [-0.4, -0.2) is 26.1 Å². The topological polar surface area (TPSA) is 75.3 Å². The van der Waals surface area contributed by atoms with Crippen molar-refractivity contribution >= 4 is 33.4 Å². The molecule has 9 heteroatoms. The summed E-state index contributed by atoms with van der Waals surface area (Å²) in [5, 5.41) is 2.57. The first kappa shape index (κ1) is 20.3. The summed E-state index contributed by atoms with van der Waals surface area (Å²) in [5.41, 5.74) is 0.402. The molecule has 0 aliphatic carbocycles. The fourth-order valence-electron chi connectivity index (χ4n) is 2.02. The standard InChI is InChI=1S/C17H18F2N2O3S2/c1-11(2)21-26(23,24)14-6-4-13(5-7-14)20-17(22)10-25-16-9-12(18)3-8-15(16)19/h3-9,11,21H,10H2,1-2H3,(H,20,22). The first-order valence-electron chi connectivity index (χ1n) is 7.67. The molecule has 0 aliphatic heterocycles. The zero-order valence-corrected chi connectivity index (χ0v) is 15.8. The maximum Gasteiger partial charge on any atom is 0.240 e. The summed E-state index contributed by atoms with van der Waals surface area (Å²) in [6.45, 7) is 3.43. The lowest BCUT2D eigenvalue weighted by molar-refractivity contribution is -0.113. The molecule has 2 aromatic carbocycles. The molecule has 140 valence electrons. The summed E-state index contributed by atoms with van der Waals surface area (Å²) in [7, 11) is -3.60. The number of nitrogens with one attached hydrogen (secondary N) is 2. The fraction of sp³-hybridized carbons (Fsp3) is 0.235. The van der Waals surface area contributed by atoms with Crippen LogP contribution in [0.1, 0.15) is 13.8 Å². The molecule has 2 aromatic rings. The third-order valence-corrected chi connectivity index (χ3v) is 5.80. The minimum atomic E-state index is -3.60. The van der Waals surface area contributed by atoms with E-state index < -0.39 is 27.6 Å². The van der Waals surface area contributed by atoms with Crippen LogP contribution >= 0.6 is 11.8 Å². The quantitative estimate of drug-likeness (QED) is 0.699. The molecule has 0 spiro atoms. The van der Waals surface area contributed by atoms with Crippen LogP contribution in [-0.2, 0) is 14.8 Å². The molecule has 0 fully saturated rings. The predicted octanol–water partition coefficient (Wildman–Crippen LogP) is 3.38. The zero-order chi connectivity index (χ0) is 19.3. The van der Waals surface area contributed by atoms with Gasteiger partial charge in [-0.2, -0.15) is 0 Å². The molecule has 0 aliphatic rings. The Bertz CT molecular complexity index is 885. The van der Waals surface area contributed by atoms with Crippen molar-refractivity contribution in [2.24, 2.45) is 0 Å². The van der Waals surface area contributed by atoms with Crippen LogP contribution in [0.4, 0.5) is 14.5 Å². The van der Waals surface area contributed by atoms with E-state index in [2.05, 4.69) is 10.0 Å². The van der Waals surface area contributed by atoms with Gasteiger partial charge in [-0.15, -0.1) is 11.8 Å². The molecule has 0 heterocycles. The summed E-state index contributed by atoms with van der Waals surface area (Å²) >= 11 is 0.870. The maximum absolute atomic E-state index is 13.5. The average molecular weight is 400 g/mol. The number of rotatable bonds is 7. The second-order valence-electron chi connectivity index (χ2n) is 5.71. The van der Waals surface area contributed by atoms with Crippen LogP contribution < -0.4 is 10.0 Å². The smallest absolute Gasteiger partial charge is 0.240 e. The number of carbonyl (C=O) groups excluding carboxylic acids is 1. The minimum absolute atomic E-state index is 0.0429. The molecule has 0 radical (unpaired) electrons. The first-order chi connectivity index (χ1) is 12.2. The van der Waals surface area contributed by atoms with E-state index in [1.54, 1.807) is 13.8 Å². The Balaban J connectivity index is 1.96. The molecular weight excluding hydrogens is 382 g/mol. The van der Waals surface area contributed by atoms with Crippen molar-refractivity contribution < 1.29 is 22.0 Å². The Morgan fingerprint density at radius 1 is 1.12 bits per heavy atom. The van der Waals surface area contributed by atoms with E-state index in [9.17, 15) is 22.0 Å². The maximum atomic E-state index is 13.5. The number of anilines is 1. The van der Waals surface area contributed by atoms with Gasteiger partial charge in [0, 0.05) is 16.6 Å². The highest BCUT2D eigenvalue weighted by molar-refractivity contribution is 8.00. The molecule has 5 nitrogen and oxygen atoms in total. The van der Waals surface area contributed by atoms with Gasteiger partial charge in [-0.1, -0.05) is 0 Å². The number of amides is 1. The van der Waals surface area contributed by atoms with Crippen molar-refractivity contribution in [3.63, 3.8) is 0 Å². The summed E-state index contributed by atoms with van der Waals surface area (Å²) in [6, 6.07) is 8.46. The highest BCUT2D eigenvalue weighted by Crippen LogP contribution is 2.23. The van der Waals surface area contributed by atoms with Crippen LogP contribution in [0.2, 0.25) is 0 Å². The van der Waals surface area contributed by atoms with Gasteiger partial charge in [-0.25, -0.2) is 21.9 Å². The van der Waals surface area contributed by atoms with Gasteiger partial charge >= 0.3 is 0 Å². The highest BCUT2D eigenvalue weighted by atomic mass is 32.2. The molecule has 0 bridgehead atoms. The molecule has 1 amide bonds. The lowest BCUT2D eigenvalue weighted by atomic mass is 10.3. The Kier molecular flexibility index (Phi) is 6.74. The normalized spacial score (nSPS) is 11.6. The van der Waals surface area contributed by atoms with Gasteiger partial charge in [-0.05, 0) is 56.3 Å². The van der Waals surface area contributed by atoms with E-state index in [0.29, 0.717) is 5.69 Å². The van der Waals surface area contributed by atoms with Crippen LogP contribution in [0, 0.1) is 11.6 Å². The lowest BCUT2D eigenvalue weighted by Gasteiger charge is -2.10. The largest absolute Gasteiger partial charge is 0.325 e. The van der Waals surface area contributed by atoms with Crippen LogP contribution in [0.15, 0.2) is 52.3 Å². The number of hydrogen-bond donors (Lipinski definition) is 2. The predicted molar refractivity (Wildman–Crippen MR) is 97.6 cm³/mol. The van der Waals surface area contributed by atoms with E-state index in [0.717, 1.165) is 30.0 Å². The monoisotopic (exact) mass is 400 g/mol. The van der Waals surface area contributed by atoms with Crippen molar-refractivity contribution in [2.75, 3.05) is 11.1 Å². The van der Waals surface area contributed by atoms with E-state index in [-0.39, 0.29) is 21.6 Å². The van der Waals surface area contributed by atoms with E-state index in [1.807, 2.05) is 0 Å². The van der Waals surface area contributed by atoms with Crippen LogP contribution in [0.5, 0.6) is 0 Å². The summed E-state index contributed by atoms with van der Waals surface area (Å²) in [6.07, 6.45) is 0. The molecule has 0 unspecified atom stereocenters. The molecule has 26 heavy (non-hydrogen) atoms. The minimum Gasteiger partial charge on any atom is -0.325 e. The molecule has 0 atom stereocenters. The molecule has 2 rings (SSSR count). The zero-order valence-electron chi connectivity index (χ0n) is 14.1. The van der Waals surface area contributed by atoms with Crippen molar-refractivity contribution in [2.45, 2.75) is 29.7 Å². The highest BCUT2D eigenvalue weighted by Gasteiger charge is 2.15. The number of hydrogen-bond acceptors (Lipinski definition) is 4. The Hall–Kier alpha value is -1.97. The van der Waals surface area contributed by atoms with Crippen LogP contribution in [0.25, 0.3) is 0 Å². The van der Waals surface area contributed by atoms with Gasteiger partial charge in [0.05, 0.1) is 10.6 Å². The van der Waals surface area contributed by atoms with Gasteiger partial charge < -0.3 is 5.32 Å². The Labute approximate surface area is 155 Å². The Morgan fingerprint density at radius 2 is 1.77 bits per heavy atom. The molecule has 0 aromatic heterocycles. The second kappa shape index (κ2) is 8.61. The summed E-state index contributed by atoms with van der Waals surface area (Å²) < 4.78 is 53.1. The molecule has 0 saturated heterocycles. The molecule has 0 saturated carbocycles. The van der Waals surface area contributed by atoms with Gasteiger partial charge in [0.2, 0.25) is 15.9 Å². The lowest BCUT2D eigenvalue weighted by Crippen LogP contribution is -2.30. The second-order valence-corrected chi connectivity index (χ2v) is 8.44. The van der Waals surface area contributed by atoms with Crippen molar-refractivity contribution in [1.29, 1.82) is 0 Å². The van der Waals surface area contributed by atoms with E-state index >= 15 is 0 Å². The third-order valence-electron chi connectivity index (χ3n) is 3.09. The van der Waals surface area contributed by atoms with Gasteiger partial charge in [-0.3, -0.25) is 4.79 Å². The van der Waals surface area contributed by atoms with Gasteiger partial charge in [0.1, 0.15) is 11.6 Å². The van der Waals surface area contributed by atoms with Crippen molar-refractivity contribution in [3.05, 3.63) is 54.1 Å². The summed E-state index contributed by atoms with van der Waals surface area (Å²) in [4.78, 5) is 12.1. The van der Waals surface area contributed by atoms with Crippen molar-refractivity contribution in [1.82, 2.24) is 4.72 Å². The number of benzene rings is 2. The van der Waals surface area contributed by atoms with Crippen LogP contribution in [0.3, 0.4) is 0 Å². The molecular formula is C17H18F2N2O3S2. The fourth-order valence-corrected chi connectivity index (χ4v) is 4.04. The van der Waals surface area contributed by atoms with E-state index in [4.69, 9.17) is 0 Å². The van der Waals surface area contributed by atoms with Gasteiger partial charge in [0.15, 0.2) is 0 Å². The van der Waals surface area contributed by atoms with Gasteiger partial charge in [0.25, 0.3) is 0 Å². The van der Waals surface area contributed by atoms with E-state index in [1.165, 1.54) is 24.3 Å². The Morgan fingerprint density at radius 3 is 2.38 bits per heavy atom.